The van der Waals surface area contributed by atoms with Gasteiger partial charge in [0, 0.05) is 5.39 Å². The molecule has 6 heteroatoms. The maximum absolute atomic E-state index is 14.8. The van der Waals surface area contributed by atoms with Crippen molar-refractivity contribution >= 4 is 10.8 Å². The Bertz CT molecular complexity index is 922. The monoisotopic (exact) mass is 440 g/mol. The number of alkyl halides is 3. The molecule has 2 aromatic carbocycles. The minimum Gasteiger partial charge on any atom is -0.403 e. The molecule has 2 aliphatic rings. The third kappa shape index (κ3) is 5.15. The zero-order chi connectivity index (χ0) is 22.2. The van der Waals surface area contributed by atoms with E-state index < -0.39 is 23.7 Å². The van der Waals surface area contributed by atoms with Crippen LogP contribution in [0.4, 0.5) is 22.0 Å². The molecule has 0 amide bonds. The van der Waals surface area contributed by atoms with Gasteiger partial charge in [-0.05, 0) is 84.9 Å². The van der Waals surface area contributed by atoms with Gasteiger partial charge in [-0.15, -0.1) is 13.2 Å². The lowest BCUT2D eigenvalue weighted by atomic mass is 9.63. The van der Waals surface area contributed by atoms with Gasteiger partial charge in [-0.25, -0.2) is 8.78 Å². The number of halogens is 5. The van der Waals surface area contributed by atoms with Crippen LogP contribution in [0.1, 0.15) is 76.2 Å². The molecule has 4 rings (SSSR count). The van der Waals surface area contributed by atoms with Gasteiger partial charge in [-0.1, -0.05) is 38.7 Å². The molecule has 2 saturated carbocycles. The molecule has 0 aromatic heterocycles. The SMILES string of the molecule is CCCC[C@@H]1CC[C@@H]2CC(c3cc(F)c4cc(OC(F)(F)F)c(F)cc4c3)CCC2C1. The summed E-state index contributed by atoms with van der Waals surface area (Å²) in [6.45, 7) is 2.23. The Morgan fingerprint density at radius 3 is 2.39 bits per heavy atom. The molecule has 2 fully saturated rings. The average Bonchev–Trinajstić information content (AvgIpc) is 2.71. The predicted molar refractivity (Wildman–Crippen MR) is 111 cm³/mol. The number of rotatable bonds is 5. The molecule has 4 atom stereocenters. The number of fused-ring (bicyclic) bond motifs is 2. The van der Waals surface area contributed by atoms with E-state index in [1.165, 1.54) is 44.6 Å². The van der Waals surface area contributed by atoms with Crippen molar-refractivity contribution in [1.29, 1.82) is 0 Å². The fourth-order valence-electron chi connectivity index (χ4n) is 5.82. The summed E-state index contributed by atoms with van der Waals surface area (Å²) in [4.78, 5) is 0. The number of benzene rings is 2. The molecule has 0 radical (unpaired) electrons. The Labute approximate surface area is 180 Å². The lowest BCUT2D eigenvalue weighted by molar-refractivity contribution is -0.275. The maximum Gasteiger partial charge on any atom is 0.573 e. The van der Waals surface area contributed by atoms with E-state index in [1.807, 2.05) is 0 Å². The minimum atomic E-state index is -5.03. The Kier molecular flexibility index (Phi) is 6.45. The van der Waals surface area contributed by atoms with Gasteiger partial charge in [-0.2, -0.15) is 0 Å². The van der Waals surface area contributed by atoms with Crippen LogP contribution in [0.5, 0.6) is 5.75 Å². The molecule has 0 saturated heterocycles. The number of ether oxygens (including phenoxy) is 1. The van der Waals surface area contributed by atoms with Gasteiger partial charge in [0.1, 0.15) is 5.82 Å². The van der Waals surface area contributed by atoms with Crippen molar-refractivity contribution in [1.82, 2.24) is 0 Å². The van der Waals surface area contributed by atoms with Crippen LogP contribution < -0.4 is 4.74 Å². The Morgan fingerprint density at radius 1 is 0.903 bits per heavy atom. The zero-order valence-electron chi connectivity index (χ0n) is 17.8. The predicted octanol–water partition coefficient (Wildman–Crippen LogP) is 8.51. The van der Waals surface area contributed by atoms with E-state index in [4.69, 9.17) is 0 Å². The first kappa shape index (κ1) is 22.3. The van der Waals surface area contributed by atoms with Crippen LogP contribution >= 0.6 is 0 Å². The van der Waals surface area contributed by atoms with Crippen molar-refractivity contribution in [2.24, 2.45) is 17.8 Å². The van der Waals surface area contributed by atoms with E-state index in [0.717, 1.165) is 48.8 Å². The molecule has 0 N–H and O–H groups in total. The fraction of sp³-hybridized carbons (Fsp3) is 0.600. The zero-order valence-corrected chi connectivity index (χ0v) is 17.8. The highest BCUT2D eigenvalue weighted by molar-refractivity contribution is 5.85. The normalized spacial score (nSPS) is 26.6. The van der Waals surface area contributed by atoms with Gasteiger partial charge in [0.2, 0.25) is 0 Å². The van der Waals surface area contributed by atoms with E-state index in [1.54, 1.807) is 6.07 Å². The molecular formula is C25H29F5O. The van der Waals surface area contributed by atoms with Gasteiger partial charge < -0.3 is 4.74 Å². The summed E-state index contributed by atoms with van der Waals surface area (Å²) >= 11 is 0. The Balaban J connectivity index is 1.51. The van der Waals surface area contributed by atoms with Gasteiger partial charge >= 0.3 is 6.36 Å². The molecule has 0 spiro atoms. The van der Waals surface area contributed by atoms with Gasteiger partial charge in [0.05, 0.1) is 0 Å². The molecule has 0 aliphatic heterocycles. The van der Waals surface area contributed by atoms with Gasteiger partial charge in [0.15, 0.2) is 11.6 Å². The first-order chi connectivity index (χ1) is 14.7. The van der Waals surface area contributed by atoms with Crippen molar-refractivity contribution in [3.05, 3.63) is 41.5 Å². The molecule has 0 heterocycles. The molecule has 31 heavy (non-hydrogen) atoms. The highest BCUT2D eigenvalue weighted by atomic mass is 19.4. The van der Waals surface area contributed by atoms with Crippen LogP contribution in [0.25, 0.3) is 10.8 Å². The van der Waals surface area contributed by atoms with Crippen molar-refractivity contribution in [2.45, 2.75) is 77.0 Å². The summed E-state index contributed by atoms with van der Waals surface area (Å²) < 4.78 is 70.0. The summed E-state index contributed by atoms with van der Waals surface area (Å²) in [5.74, 6) is -0.341. The Hall–Kier alpha value is -1.85. The van der Waals surface area contributed by atoms with Crippen molar-refractivity contribution in [3.63, 3.8) is 0 Å². The molecule has 1 nitrogen and oxygen atoms in total. The van der Waals surface area contributed by atoms with E-state index >= 15 is 0 Å². The van der Waals surface area contributed by atoms with Crippen LogP contribution in [0.2, 0.25) is 0 Å². The fourth-order valence-corrected chi connectivity index (χ4v) is 5.82. The van der Waals surface area contributed by atoms with Crippen LogP contribution in [0.15, 0.2) is 24.3 Å². The molecule has 2 unspecified atom stereocenters. The molecular weight excluding hydrogens is 411 g/mol. The minimum absolute atomic E-state index is 0.0606. The van der Waals surface area contributed by atoms with Crippen LogP contribution in [-0.2, 0) is 0 Å². The van der Waals surface area contributed by atoms with Gasteiger partial charge in [0.25, 0.3) is 0 Å². The van der Waals surface area contributed by atoms with Gasteiger partial charge in [-0.3, -0.25) is 0 Å². The van der Waals surface area contributed by atoms with E-state index in [9.17, 15) is 22.0 Å². The van der Waals surface area contributed by atoms with Crippen molar-refractivity contribution < 1.29 is 26.7 Å². The highest BCUT2D eigenvalue weighted by Crippen LogP contribution is 2.49. The molecule has 0 bridgehead atoms. The highest BCUT2D eigenvalue weighted by Gasteiger charge is 2.36. The van der Waals surface area contributed by atoms with Crippen molar-refractivity contribution in [3.8, 4) is 5.75 Å². The number of hydrogen-bond acceptors (Lipinski definition) is 1. The topological polar surface area (TPSA) is 9.23 Å². The third-order valence-electron chi connectivity index (χ3n) is 7.36. The first-order valence-corrected chi connectivity index (χ1v) is 11.4. The standard InChI is InChI=1S/C25H29F5O/c1-2-3-4-15-5-6-17-10-18(8-7-16(17)9-15)19-11-20-13-23(27)24(31-25(28,29)30)14-21(20)22(26)12-19/h11-18H,2-10H2,1H3/t15-,16?,17-,18?/m1/s1. The maximum atomic E-state index is 14.8. The third-order valence-corrected chi connectivity index (χ3v) is 7.36. The van der Waals surface area contributed by atoms with Crippen molar-refractivity contribution in [2.75, 3.05) is 0 Å². The van der Waals surface area contributed by atoms with Crippen LogP contribution in [0.3, 0.4) is 0 Å². The average molecular weight is 440 g/mol. The van der Waals surface area contributed by atoms with E-state index in [-0.39, 0.29) is 16.7 Å². The second kappa shape index (κ2) is 8.95. The summed E-state index contributed by atoms with van der Waals surface area (Å²) in [5.41, 5.74) is 0.820. The van der Waals surface area contributed by atoms with Crippen LogP contribution in [0, 0.1) is 29.4 Å². The largest absolute Gasteiger partial charge is 0.573 e. The second-order valence-corrected chi connectivity index (χ2v) is 9.41. The smallest absolute Gasteiger partial charge is 0.403 e. The lowest BCUT2D eigenvalue weighted by Gasteiger charge is -2.42. The first-order valence-electron chi connectivity index (χ1n) is 11.4. The van der Waals surface area contributed by atoms with E-state index in [0.29, 0.717) is 5.92 Å². The summed E-state index contributed by atoms with van der Waals surface area (Å²) in [5, 5.41) is 0.210. The number of hydrogen-bond donors (Lipinski definition) is 0. The quantitative estimate of drug-likeness (QED) is 0.424. The Morgan fingerprint density at radius 2 is 1.65 bits per heavy atom. The summed E-state index contributed by atoms with van der Waals surface area (Å²) in [7, 11) is 0. The summed E-state index contributed by atoms with van der Waals surface area (Å²) in [6.07, 6.45) is 5.74. The molecule has 2 aromatic rings. The molecule has 2 aliphatic carbocycles. The molecule has 170 valence electrons. The number of unbranched alkanes of at least 4 members (excludes halogenated alkanes) is 1. The summed E-state index contributed by atoms with van der Waals surface area (Å²) in [6, 6.07) is 4.88. The van der Waals surface area contributed by atoms with Crippen LogP contribution in [-0.4, -0.2) is 6.36 Å². The second-order valence-electron chi connectivity index (χ2n) is 9.41. The lowest BCUT2D eigenvalue weighted by Crippen LogP contribution is -2.30. The van der Waals surface area contributed by atoms with E-state index in [2.05, 4.69) is 11.7 Å².